The average molecular weight is 453 g/mol. The number of nitrogens with zero attached hydrogens (tertiary/aromatic N) is 3. The van der Waals surface area contributed by atoms with Crippen LogP contribution in [0.5, 0.6) is 0 Å². The zero-order valence-electron chi connectivity index (χ0n) is 19.7. The van der Waals surface area contributed by atoms with Crippen molar-refractivity contribution in [2.75, 3.05) is 39.4 Å². The van der Waals surface area contributed by atoms with Gasteiger partial charge in [-0.2, -0.15) is 5.10 Å². The molecule has 8 heteroatoms. The normalized spacial score (nSPS) is 21.4. The molecule has 2 fully saturated rings. The molecule has 0 saturated carbocycles. The molecule has 2 N–H and O–H groups in total. The number of likely N-dealkylation sites (tertiary alicyclic amines) is 1. The van der Waals surface area contributed by atoms with Gasteiger partial charge in [0, 0.05) is 31.9 Å². The second-order valence-electron chi connectivity index (χ2n) is 9.08. The third kappa shape index (κ3) is 4.45. The van der Waals surface area contributed by atoms with Crippen molar-refractivity contribution in [2.24, 2.45) is 0 Å². The Hall–Kier alpha value is -2.97. The Bertz CT molecular complexity index is 1050. The fraction of sp³-hybridized carbons (Fsp3) is 0.480. The van der Waals surface area contributed by atoms with Crippen LogP contribution >= 0.6 is 0 Å². The molecule has 2 aromatic rings. The van der Waals surface area contributed by atoms with Gasteiger partial charge in [0.1, 0.15) is 5.76 Å². The lowest BCUT2D eigenvalue weighted by Gasteiger charge is -2.31. The molecule has 1 aromatic carbocycles. The fourth-order valence-corrected chi connectivity index (χ4v) is 4.63. The summed E-state index contributed by atoms with van der Waals surface area (Å²) in [7, 11) is 0. The molecule has 3 heterocycles. The maximum absolute atomic E-state index is 13.2. The molecule has 1 amide bonds. The molecule has 2 aliphatic rings. The minimum Gasteiger partial charge on any atom is -0.507 e. The number of amides is 1. The molecule has 176 valence electrons. The van der Waals surface area contributed by atoms with Gasteiger partial charge in [-0.3, -0.25) is 19.6 Å². The number of aromatic nitrogens is 2. The molecule has 33 heavy (non-hydrogen) atoms. The number of Topliss-reactive ketones (excluding diaryl/α,β-unsaturated/α-hetero) is 1. The Morgan fingerprint density at radius 3 is 2.39 bits per heavy atom. The SMILES string of the molecule is Cc1n[nH]c(C)c1C(O)=C1C(=O)C(=O)N(CCN2CCOCC2)[C@H]1c1ccc(C(C)C)cc1. The topological polar surface area (TPSA) is 98.8 Å². The standard InChI is InChI=1S/C25H32N4O4/c1-15(2)18-5-7-19(8-6-18)22-21(23(30)20-16(3)26-27-17(20)4)24(31)25(32)29(22)10-9-28-11-13-33-14-12-28/h5-8,15,22,30H,9-14H2,1-4H3,(H,26,27)/t22-/m0/s1. The van der Waals surface area contributed by atoms with Gasteiger partial charge in [-0.15, -0.1) is 0 Å². The lowest BCUT2D eigenvalue weighted by molar-refractivity contribution is -0.140. The summed E-state index contributed by atoms with van der Waals surface area (Å²) >= 11 is 0. The van der Waals surface area contributed by atoms with Gasteiger partial charge in [0.15, 0.2) is 0 Å². The van der Waals surface area contributed by atoms with Gasteiger partial charge in [-0.05, 0) is 30.9 Å². The van der Waals surface area contributed by atoms with E-state index in [4.69, 9.17) is 4.74 Å². The van der Waals surface area contributed by atoms with E-state index in [2.05, 4.69) is 28.9 Å². The number of aromatic amines is 1. The van der Waals surface area contributed by atoms with Crippen molar-refractivity contribution < 1.29 is 19.4 Å². The van der Waals surface area contributed by atoms with Gasteiger partial charge in [-0.1, -0.05) is 38.1 Å². The Balaban J connectivity index is 1.76. The van der Waals surface area contributed by atoms with Gasteiger partial charge >= 0.3 is 0 Å². The van der Waals surface area contributed by atoms with Gasteiger partial charge in [0.2, 0.25) is 0 Å². The van der Waals surface area contributed by atoms with E-state index in [9.17, 15) is 14.7 Å². The lowest BCUT2D eigenvalue weighted by Crippen LogP contribution is -2.42. The van der Waals surface area contributed by atoms with E-state index in [0.29, 0.717) is 49.2 Å². The highest BCUT2D eigenvalue weighted by Gasteiger charge is 2.46. The van der Waals surface area contributed by atoms with E-state index in [1.54, 1.807) is 18.7 Å². The van der Waals surface area contributed by atoms with Crippen molar-refractivity contribution in [3.8, 4) is 0 Å². The summed E-state index contributed by atoms with van der Waals surface area (Å²) in [6, 6.07) is 7.31. The zero-order valence-corrected chi connectivity index (χ0v) is 19.7. The van der Waals surface area contributed by atoms with Crippen LogP contribution in [0.15, 0.2) is 29.8 Å². The van der Waals surface area contributed by atoms with E-state index in [1.165, 1.54) is 5.56 Å². The second-order valence-corrected chi connectivity index (χ2v) is 9.08. The highest BCUT2D eigenvalue weighted by atomic mass is 16.5. The number of ketones is 1. The maximum Gasteiger partial charge on any atom is 0.295 e. The van der Waals surface area contributed by atoms with Crippen LogP contribution in [0.3, 0.4) is 0 Å². The van der Waals surface area contributed by atoms with Gasteiger partial charge in [0.05, 0.1) is 36.1 Å². The molecule has 0 unspecified atom stereocenters. The Morgan fingerprint density at radius 1 is 1.15 bits per heavy atom. The molecule has 8 nitrogen and oxygen atoms in total. The molecule has 2 saturated heterocycles. The molecular weight excluding hydrogens is 420 g/mol. The number of aliphatic hydroxyl groups excluding tert-OH is 1. The van der Waals surface area contributed by atoms with E-state index in [0.717, 1.165) is 18.7 Å². The molecule has 0 spiro atoms. The summed E-state index contributed by atoms with van der Waals surface area (Å²) in [5, 5.41) is 18.3. The molecule has 0 bridgehead atoms. The molecule has 1 atom stereocenters. The van der Waals surface area contributed by atoms with Crippen LogP contribution in [0.2, 0.25) is 0 Å². The number of aryl methyl sites for hydroxylation is 2. The van der Waals surface area contributed by atoms with Crippen LogP contribution in [-0.4, -0.2) is 76.2 Å². The molecule has 0 aliphatic carbocycles. The summed E-state index contributed by atoms with van der Waals surface area (Å²) in [5.74, 6) is -1.05. The van der Waals surface area contributed by atoms with Crippen LogP contribution < -0.4 is 0 Å². The molecule has 0 radical (unpaired) electrons. The van der Waals surface area contributed by atoms with Crippen molar-refractivity contribution >= 4 is 17.4 Å². The number of aliphatic hydroxyl groups is 1. The van der Waals surface area contributed by atoms with Crippen LogP contribution in [0, 0.1) is 13.8 Å². The first-order valence-corrected chi connectivity index (χ1v) is 11.5. The summed E-state index contributed by atoms with van der Waals surface area (Å²) in [6.07, 6.45) is 0. The first-order chi connectivity index (χ1) is 15.8. The summed E-state index contributed by atoms with van der Waals surface area (Å²) < 4.78 is 5.42. The Morgan fingerprint density at radius 2 is 1.82 bits per heavy atom. The molecular formula is C25H32N4O4. The number of benzene rings is 1. The Labute approximate surface area is 194 Å². The van der Waals surface area contributed by atoms with E-state index >= 15 is 0 Å². The van der Waals surface area contributed by atoms with E-state index in [-0.39, 0.29) is 11.3 Å². The third-order valence-electron chi connectivity index (χ3n) is 6.58. The van der Waals surface area contributed by atoms with Gasteiger partial charge in [0.25, 0.3) is 11.7 Å². The number of nitrogens with one attached hydrogen (secondary N) is 1. The van der Waals surface area contributed by atoms with Crippen LogP contribution in [-0.2, 0) is 14.3 Å². The van der Waals surface area contributed by atoms with E-state index < -0.39 is 17.7 Å². The predicted octanol–water partition coefficient (Wildman–Crippen LogP) is 2.90. The van der Waals surface area contributed by atoms with Crippen molar-refractivity contribution in [3.05, 3.63) is 57.9 Å². The first-order valence-electron chi connectivity index (χ1n) is 11.5. The summed E-state index contributed by atoms with van der Waals surface area (Å²) in [6.45, 7) is 11.7. The average Bonchev–Trinajstić information content (AvgIpc) is 3.28. The number of rotatable bonds is 6. The van der Waals surface area contributed by atoms with Crippen LogP contribution in [0.1, 0.15) is 53.9 Å². The highest BCUT2D eigenvalue weighted by molar-refractivity contribution is 6.46. The first kappa shape index (κ1) is 23.2. The number of carbonyl (C=O) groups is 2. The fourth-order valence-electron chi connectivity index (χ4n) is 4.63. The maximum atomic E-state index is 13.2. The van der Waals surface area contributed by atoms with Crippen LogP contribution in [0.4, 0.5) is 0 Å². The molecule has 4 rings (SSSR count). The number of hydrogen-bond acceptors (Lipinski definition) is 6. The summed E-state index contributed by atoms with van der Waals surface area (Å²) in [5.41, 5.74) is 3.81. The summed E-state index contributed by atoms with van der Waals surface area (Å²) in [4.78, 5) is 30.2. The third-order valence-corrected chi connectivity index (χ3v) is 6.58. The minimum absolute atomic E-state index is 0.117. The van der Waals surface area contributed by atoms with Crippen molar-refractivity contribution in [1.29, 1.82) is 0 Å². The van der Waals surface area contributed by atoms with Gasteiger partial charge in [-0.25, -0.2) is 0 Å². The van der Waals surface area contributed by atoms with Crippen LogP contribution in [0.25, 0.3) is 5.76 Å². The minimum atomic E-state index is -0.660. The number of ether oxygens (including phenoxy) is 1. The number of morpholine rings is 1. The van der Waals surface area contributed by atoms with Crippen molar-refractivity contribution in [1.82, 2.24) is 20.0 Å². The second kappa shape index (κ2) is 9.49. The van der Waals surface area contributed by atoms with Crippen molar-refractivity contribution in [2.45, 2.75) is 39.7 Å². The van der Waals surface area contributed by atoms with Crippen molar-refractivity contribution in [3.63, 3.8) is 0 Å². The Kier molecular flexibility index (Phi) is 6.67. The largest absolute Gasteiger partial charge is 0.507 e. The molecule has 2 aliphatic heterocycles. The zero-order chi connectivity index (χ0) is 23.7. The molecule has 1 aromatic heterocycles. The number of carbonyl (C=O) groups excluding carboxylic acids is 2. The van der Waals surface area contributed by atoms with E-state index in [1.807, 2.05) is 24.3 Å². The lowest BCUT2D eigenvalue weighted by atomic mass is 9.93. The van der Waals surface area contributed by atoms with Gasteiger partial charge < -0.3 is 14.7 Å². The number of H-pyrrole nitrogens is 1. The highest BCUT2D eigenvalue weighted by Crippen LogP contribution is 2.40. The predicted molar refractivity (Wildman–Crippen MR) is 125 cm³/mol. The quantitative estimate of drug-likeness (QED) is 0.397. The monoisotopic (exact) mass is 452 g/mol. The smallest absolute Gasteiger partial charge is 0.295 e. The number of hydrogen-bond donors (Lipinski definition) is 2.